The number of nitrogens with two attached hydrogens (primary N) is 1. The molecule has 0 bridgehead atoms. The summed E-state index contributed by atoms with van der Waals surface area (Å²) in [5.74, 6) is 2.44. The Hall–Kier alpha value is -1.02. The first-order valence-electron chi connectivity index (χ1n) is 7.58. The highest BCUT2D eigenvalue weighted by Gasteiger charge is 2.24. The largest absolute Gasteiger partial charge is 0.491 e. The quantitative estimate of drug-likeness (QED) is 0.877. The van der Waals surface area contributed by atoms with Gasteiger partial charge < -0.3 is 10.5 Å². The van der Waals surface area contributed by atoms with Crippen molar-refractivity contribution < 1.29 is 4.74 Å². The first-order valence-corrected chi connectivity index (χ1v) is 7.58. The van der Waals surface area contributed by atoms with Gasteiger partial charge in [0.1, 0.15) is 5.75 Å². The summed E-state index contributed by atoms with van der Waals surface area (Å²) in [5.41, 5.74) is 7.68. The topological polar surface area (TPSA) is 35.2 Å². The molecule has 1 aliphatic carbocycles. The van der Waals surface area contributed by atoms with Crippen molar-refractivity contribution in [3.05, 3.63) is 29.8 Å². The van der Waals surface area contributed by atoms with Crippen LogP contribution < -0.4 is 10.5 Å². The summed E-state index contributed by atoms with van der Waals surface area (Å²) in [5, 5.41) is 0. The Morgan fingerprint density at radius 3 is 2.47 bits per heavy atom. The fourth-order valence-corrected chi connectivity index (χ4v) is 2.98. The second kappa shape index (κ2) is 6.42. The van der Waals surface area contributed by atoms with E-state index < -0.39 is 0 Å². The van der Waals surface area contributed by atoms with Crippen LogP contribution in [0.4, 0.5) is 0 Å². The fraction of sp³-hybridized carbons (Fsp3) is 0.647. The third kappa shape index (κ3) is 3.97. The predicted molar refractivity (Wildman–Crippen MR) is 80.3 cm³/mol. The highest BCUT2D eigenvalue weighted by molar-refractivity contribution is 5.31. The Balaban J connectivity index is 2.04. The molecule has 0 aliphatic heterocycles. The highest BCUT2D eigenvalue weighted by atomic mass is 16.5. The van der Waals surface area contributed by atoms with Gasteiger partial charge in [-0.25, -0.2) is 0 Å². The second-order valence-corrected chi connectivity index (χ2v) is 6.28. The van der Waals surface area contributed by atoms with Gasteiger partial charge in [-0.05, 0) is 56.2 Å². The molecule has 2 heteroatoms. The molecule has 1 atom stereocenters. The van der Waals surface area contributed by atoms with E-state index in [1.54, 1.807) is 0 Å². The van der Waals surface area contributed by atoms with Crippen LogP contribution in [0.15, 0.2) is 24.3 Å². The lowest BCUT2D eigenvalue weighted by Crippen LogP contribution is -2.25. The summed E-state index contributed by atoms with van der Waals surface area (Å²) >= 11 is 0. The van der Waals surface area contributed by atoms with Crippen LogP contribution in [0.2, 0.25) is 0 Å². The molecular weight excluding hydrogens is 234 g/mol. The van der Waals surface area contributed by atoms with E-state index in [9.17, 15) is 0 Å². The van der Waals surface area contributed by atoms with Crippen molar-refractivity contribution in [1.29, 1.82) is 0 Å². The SMILES string of the molecule is CC1CCC(C(N)c2cccc(OC(C)C)c2)CC1. The molecule has 0 spiro atoms. The average molecular weight is 261 g/mol. The molecule has 1 fully saturated rings. The molecule has 0 amide bonds. The van der Waals surface area contributed by atoms with Crippen molar-refractivity contribution in [1.82, 2.24) is 0 Å². The first kappa shape index (κ1) is 14.4. The van der Waals surface area contributed by atoms with Gasteiger partial charge in [-0.3, -0.25) is 0 Å². The number of hydrogen-bond acceptors (Lipinski definition) is 2. The van der Waals surface area contributed by atoms with Crippen molar-refractivity contribution in [2.45, 2.75) is 58.6 Å². The summed E-state index contributed by atoms with van der Waals surface area (Å²) in [4.78, 5) is 0. The molecule has 1 saturated carbocycles. The molecule has 0 saturated heterocycles. The van der Waals surface area contributed by atoms with Gasteiger partial charge in [0.15, 0.2) is 0 Å². The smallest absolute Gasteiger partial charge is 0.120 e. The van der Waals surface area contributed by atoms with Crippen LogP contribution in [0, 0.1) is 11.8 Å². The van der Waals surface area contributed by atoms with Crippen molar-refractivity contribution in [3.63, 3.8) is 0 Å². The second-order valence-electron chi connectivity index (χ2n) is 6.28. The molecule has 2 rings (SSSR count). The van der Waals surface area contributed by atoms with Crippen LogP contribution in [0.5, 0.6) is 5.75 Å². The van der Waals surface area contributed by atoms with Gasteiger partial charge in [-0.15, -0.1) is 0 Å². The van der Waals surface area contributed by atoms with Gasteiger partial charge >= 0.3 is 0 Å². The minimum Gasteiger partial charge on any atom is -0.491 e. The Morgan fingerprint density at radius 2 is 1.84 bits per heavy atom. The number of ether oxygens (including phenoxy) is 1. The molecule has 1 aromatic rings. The molecule has 0 heterocycles. The minimum atomic E-state index is 0.156. The first-order chi connectivity index (χ1) is 9.06. The molecule has 1 aliphatic rings. The summed E-state index contributed by atoms with van der Waals surface area (Å²) in [6.07, 6.45) is 5.37. The third-order valence-electron chi connectivity index (χ3n) is 4.18. The summed E-state index contributed by atoms with van der Waals surface area (Å²) in [6, 6.07) is 8.47. The zero-order valence-electron chi connectivity index (χ0n) is 12.4. The molecule has 106 valence electrons. The van der Waals surface area contributed by atoms with Crippen LogP contribution in [-0.4, -0.2) is 6.10 Å². The summed E-state index contributed by atoms with van der Waals surface area (Å²) in [6.45, 7) is 6.45. The van der Waals surface area contributed by atoms with Gasteiger partial charge in [-0.1, -0.05) is 31.9 Å². The molecule has 2 N–H and O–H groups in total. The van der Waals surface area contributed by atoms with E-state index in [-0.39, 0.29) is 12.1 Å². The highest BCUT2D eigenvalue weighted by Crippen LogP contribution is 2.36. The molecular formula is C17H27NO. The van der Waals surface area contributed by atoms with Crippen molar-refractivity contribution in [2.75, 3.05) is 0 Å². The predicted octanol–water partition coefficient (Wildman–Crippen LogP) is 4.30. The van der Waals surface area contributed by atoms with Gasteiger partial charge in [-0.2, -0.15) is 0 Å². The van der Waals surface area contributed by atoms with E-state index in [1.165, 1.54) is 31.2 Å². The monoisotopic (exact) mass is 261 g/mol. The maximum atomic E-state index is 6.46. The lowest BCUT2D eigenvalue weighted by atomic mass is 9.78. The minimum absolute atomic E-state index is 0.156. The normalized spacial score (nSPS) is 25.3. The van der Waals surface area contributed by atoms with Crippen LogP contribution in [0.3, 0.4) is 0 Å². The molecule has 19 heavy (non-hydrogen) atoms. The van der Waals surface area contributed by atoms with E-state index in [1.807, 2.05) is 6.07 Å². The van der Waals surface area contributed by atoms with Crippen LogP contribution in [0.25, 0.3) is 0 Å². The van der Waals surface area contributed by atoms with Crippen molar-refractivity contribution in [2.24, 2.45) is 17.6 Å². The Kier molecular flexibility index (Phi) is 4.87. The molecule has 1 aromatic carbocycles. The number of benzene rings is 1. The molecule has 0 aromatic heterocycles. The van der Waals surface area contributed by atoms with Crippen LogP contribution in [-0.2, 0) is 0 Å². The third-order valence-corrected chi connectivity index (χ3v) is 4.18. The van der Waals surface area contributed by atoms with Crippen molar-refractivity contribution in [3.8, 4) is 5.75 Å². The summed E-state index contributed by atoms with van der Waals surface area (Å²) in [7, 11) is 0. The van der Waals surface area contributed by atoms with Crippen molar-refractivity contribution >= 4 is 0 Å². The Morgan fingerprint density at radius 1 is 1.16 bits per heavy atom. The maximum absolute atomic E-state index is 6.46. The fourth-order valence-electron chi connectivity index (χ4n) is 2.98. The molecule has 0 radical (unpaired) electrons. The van der Waals surface area contributed by atoms with E-state index in [4.69, 9.17) is 10.5 Å². The standard InChI is InChI=1S/C17H27NO/c1-12(2)19-16-6-4-5-15(11-16)17(18)14-9-7-13(3)8-10-14/h4-6,11-14,17H,7-10,18H2,1-3H3. The van der Waals surface area contributed by atoms with E-state index in [2.05, 4.69) is 39.0 Å². The average Bonchev–Trinajstić information content (AvgIpc) is 2.38. The lowest BCUT2D eigenvalue weighted by molar-refractivity contribution is 0.239. The Labute approximate surface area is 117 Å². The molecule has 2 nitrogen and oxygen atoms in total. The summed E-state index contributed by atoms with van der Waals surface area (Å²) < 4.78 is 5.75. The number of rotatable bonds is 4. The van der Waals surface area contributed by atoms with Gasteiger partial charge in [0, 0.05) is 6.04 Å². The number of hydrogen-bond donors (Lipinski definition) is 1. The lowest BCUT2D eigenvalue weighted by Gasteiger charge is -2.31. The van der Waals surface area contributed by atoms with E-state index >= 15 is 0 Å². The van der Waals surface area contributed by atoms with E-state index in [0.717, 1.165) is 11.7 Å². The van der Waals surface area contributed by atoms with Crippen LogP contribution in [0.1, 0.15) is 58.1 Å². The van der Waals surface area contributed by atoms with Gasteiger partial charge in [0.2, 0.25) is 0 Å². The Bertz CT molecular complexity index is 394. The zero-order valence-corrected chi connectivity index (χ0v) is 12.4. The molecule has 1 unspecified atom stereocenters. The zero-order chi connectivity index (χ0) is 13.8. The maximum Gasteiger partial charge on any atom is 0.120 e. The van der Waals surface area contributed by atoms with Gasteiger partial charge in [0.25, 0.3) is 0 Å². The van der Waals surface area contributed by atoms with Gasteiger partial charge in [0.05, 0.1) is 6.10 Å². The van der Waals surface area contributed by atoms with E-state index in [0.29, 0.717) is 5.92 Å². The van der Waals surface area contributed by atoms with Crippen LogP contribution >= 0.6 is 0 Å².